The lowest BCUT2D eigenvalue weighted by atomic mass is 10.2. The van der Waals surface area contributed by atoms with E-state index in [1.54, 1.807) is 12.1 Å². The minimum atomic E-state index is -0.691. The van der Waals surface area contributed by atoms with Gasteiger partial charge in [0.25, 0.3) is 5.91 Å². The van der Waals surface area contributed by atoms with E-state index in [0.29, 0.717) is 11.4 Å². The van der Waals surface area contributed by atoms with Gasteiger partial charge in [-0.25, -0.2) is 4.98 Å². The molecule has 0 saturated carbocycles. The van der Waals surface area contributed by atoms with Crippen LogP contribution in [0, 0.1) is 12.9 Å². The molecule has 1 aromatic heterocycles. The molecule has 1 heterocycles. The molecule has 0 aliphatic rings. The summed E-state index contributed by atoms with van der Waals surface area (Å²) >= 11 is 0. The molecule has 0 atom stereocenters. The molecule has 19 heavy (non-hydrogen) atoms. The number of anilines is 1. The molecule has 0 spiro atoms. The van der Waals surface area contributed by atoms with E-state index in [1.165, 1.54) is 25.3 Å². The number of rotatable bonds is 3. The van der Waals surface area contributed by atoms with Crippen LogP contribution < -0.4 is 10.1 Å². The number of hydrogen-bond acceptors (Lipinski definition) is 3. The van der Waals surface area contributed by atoms with Crippen molar-refractivity contribution in [2.24, 2.45) is 0 Å². The van der Waals surface area contributed by atoms with Gasteiger partial charge in [-0.15, -0.1) is 0 Å². The van der Waals surface area contributed by atoms with Gasteiger partial charge in [0.1, 0.15) is 11.4 Å². The van der Waals surface area contributed by atoms with E-state index < -0.39 is 11.9 Å². The van der Waals surface area contributed by atoms with E-state index in [-0.39, 0.29) is 5.69 Å². The summed E-state index contributed by atoms with van der Waals surface area (Å²) in [5.74, 6) is -0.636. The Morgan fingerprint density at radius 2 is 2.11 bits per heavy atom. The van der Waals surface area contributed by atoms with Crippen molar-refractivity contribution in [1.82, 2.24) is 4.98 Å². The topological polar surface area (TPSA) is 51.2 Å². The molecule has 0 aliphatic heterocycles. The molecule has 2 rings (SSSR count). The van der Waals surface area contributed by atoms with Crippen LogP contribution in [-0.2, 0) is 0 Å². The number of aryl methyl sites for hydroxylation is 1. The summed E-state index contributed by atoms with van der Waals surface area (Å²) in [7, 11) is 1.51. The molecule has 1 amide bonds. The lowest BCUT2D eigenvalue weighted by Crippen LogP contribution is -2.14. The fourth-order valence-corrected chi connectivity index (χ4v) is 1.64. The van der Waals surface area contributed by atoms with Crippen molar-refractivity contribution >= 4 is 11.6 Å². The Morgan fingerprint density at radius 1 is 1.32 bits per heavy atom. The van der Waals surface area contributed by atoms with E-state index in [0.717, 1.165) is 5.56 Å². The van der Waals surface area contributed by atoms with Gasteiger partial charge in [0.15, 0.2) is 0 Å². The van der Waals surface area contributed by atoms with Gasteiger partial charge in [-0.05, 0) is 36.8 Å². The highest BCUT2D eigenvalue weighted by molar-refractivity contribution is 6.03. The Kier molecular flexibility index (Phi) is 3.75. The van der Waals surface area contributed by atoms with Crippen LogP contribution in [0.5, 0.6) is 5.75 Å². The summed E-state index contributed by atoms with van der Waals surface area (Å²) in [4.78, 5) is 15.5. The van der Waals surface area contributed by atoms with Crippen LogP contribution in [0.25, 0.3) is 0 Å². The number of methoxy groups -OCH3 is 1. The van der Waals surface area contributed by atoms with Gasteiger partial charge in [-0.1, -0.05) is 12.1 Å². The summed E-state index contributed by atoms with van der Waals surface area (Å²) < 4.78 is 18.1. The number of halogens is 1. The number of amides is 1. The number of carbonyl (C=O) groups is 1. The minimum absolute atomic E-state index is 0.0172. The number of benzene rings is 1. The second-order valence-corrected chi connectivity index (χ2v) is 4.00. The number of hydrogen-bond donors (Lipinski definition) is 1. The Bertz CT molecular complexity index is 614. The maximum absolute atomic E-state index is 13.0. The standard InChI is InChI=1S/C14H13FN2O2/c1-9-6-7-12(19-2)11(8-9)17-14(18)10-4-3-5-13(15)16-10/h3-8H,1-2H3,(H,17,18). The summed E-state index contributed by atoms with van der Waals surface area (Å²) in [6.07, 6.45) is 0. The lowest BCUT2D eigenvalue weighted by molar-refractivity contribution is 0.102. The molecule has 0 radical (unpaired) electrons. The molecule has 0 saturated heterocycles. The molecule has 5 heteroatoms. The normalized spacial score (nSPS) is 10.1. The maximum atomic E-state index is 13.0. The zero-order chi connectivity index (χ0) is 13.8. The largest absolute Gasteiger partial charge is 0.495 e. The van der Waals surface area contributed by atoms with Gasteiger partial charge in [-0.3, -0.25) is 4.79 Å². The predicted molar refractivity (Wildman–Crippen MR) is 69.9 cm³/mol. The van der Waals surface area contributed by atoms with Crippen LogP contribution in [0.15, 0.2) is 36.4 Å². The summed E-state index contributed by atoms with van der Waals surface area (Å²) in [6.45, 7) is 1.90. The fourth-order valence-electron chi connectivity index (χ4n) is 1.64. The van der Waals surface area contributed by atoms with E-state index in [9.17, 15) is 9.18 Å². The fraction of sp³-hybridized carbons (Fsp3) is 0.143. The molecular weight excluding hydrogens is 247 g/mol. The number of carbonyl (C=O) groups excluding carboxylic acids is 1. The van der Waals surface area contributed by atoms with E-state index in [4.69, 9.17) is 4.74 Å². The van der Waals surface area contributed by atoms with Crippen LogP contribution in [0.1, 0.15) is 16.1 Å². The molecule has 0 unspecified atom stereocenters. The third-order valence-electron chi connectivity index (χ3n) is 2.55. The molecule has 2 aromatic rings. The zero-order valence-electron chi connectivity index (χ0n) is 10.6. The lowest BCUT2D eigenvalue weighted by Gasteiger charge is -2.10. The Hall–Kier alpha value is -2.43. The minimum Gasteiger partial charge on any atom is -0.495 e. The van der Waals surface area contributed by atoms with Gasteiger partial charge in [0, 0.05) is 0 Å². The van der Waals surface area contributed by atoms with Gasteiger partial charge >= 0.3 is 0 Å². The first-order chi connectivity index (χ1) is 9.10. The first-order valence-corrected chi connectivity index (χ1v) is 5.68. The average molecular weight is 260 g/mol. The van der Waals surface area contributed by atoms with Crippen molar-refractivity contribution in [2.45, 2.75) is 6.92 Å². The summed E-state index contributed by atoms with van der Waals surface area (Å²) in [6, 6.07) is 9.46. The van der Waals surface area contributed by atoms with Crippen LogP contribution in [0.3, 0.4) is 0 Å². The molecule has 0 fully saturated rings. The van der Waals surface area contributed by atoms with Gasteiger partial charge in [0.05, 0.1) is 12.8 Å². The van der Waals surface area contributed by atoms with E-state index in [1.807, 2.05) is 13.0 Å². The SMILES string of the molecule is COc1ccc(C)cc1NC(=O)c1cccc(F)n1. The summed E-state index contributed by atoms with van der Waals surface area (Å²) in [5, 5.41) is 2.65. The third kappa shape index (κ3) is 3.07. The highest BCUT2D eigenvalue weighted by Crippen LogP contribution is 2.25. The number of nitrogens with zero attached hydrogens (tertiary/aromatic N) is 1. The smallest absolute Gasteiger partial charge is 0.274 e. The number of pyridine rings is 1. The number of ether oxygens (including phenoxy) is 1. The average Bonchev–Trinajstić information content (AvgIpc) is 2.39. The quantitative estimate of drug-likeness (QED) is 0.863. The second-order valence-electron chi connectivity index (χ2n) is 4.00. The van der Waals surface area contributed by atoms with Crippen molar-refractivity contribution < 1.29 is 13.9 Å². The predicted octanol–water partition coefficient (Wildman–Crippen LogP) is 2.79. The molecular formula is C14H13FN2O2. The molecule has 0 bridgehead atoms. The van der Waals surface area contributed by atoms with Crippen LogP contribution >= 0.6 is 0 Å². The highest BCUT2D eigenvalue weighted by Gasteiger charge is 2.11. The van der Waals surface area contributed by atoms with Crippen molar-refractivity contribution in [3.8, 4) is 5.75 Å². The van der Waals surface area contributed by atoms with Crippen LogP contribution in [-0.4, -0.2) is 18.0 Å². The van der Waals surface area contributed by atoms with Gasteiger partial charge < -0.3 is 10.1 Å². The van der Waals surface area contributed by atoms with Crippen molar-refractivity contribution in [2.75, 3.05) is 12.4 Å². The monoisotopic (exact) mass is 260 g/mol. The highest BCUT2D eigenvalue weighted by atomic mass is 19.1. The molecule has 0 aliphatic carbocycles. The van der Waals surface area contributed by atoms with Crippen LogP contribution in [0.2, 0.25) is 0 Å². The Balaban J connectivity index is 2.26. The molecule has 1 N–H and O–H groups in total. The Morgan fingerprint density at radius 3 is 2.79 bits per heavy atom. The number of aromatic nitrogens is 1. The summed E-state index contributed by atoms with van der Waals surface area (Å²) in [5.41, 5.74) is 1.52. The van der Waals surface area contributed by atoms with E-state index >= 15 is 0 Å². The molecule has 98 valence electrons. The molecule has 4 nitrogen and oxygen atoms in total. The van der Waals surface area contributed by atoms with Crippen molar-refractivity contribution in [3.05, 3.63) is 53.6 Å². The van der Waals surface area contributed by atoms with Crippen LogP contribution in [0.4, 0.5) is 10.1 Å². The maximum Gasteiger partial charge on any atom is 0.274 e. The first-order valence-electron chi connectivity index (χ1n) is 5.68. The zero-order valence-corrected chi connectivity index (χ0v) is 10.6. The van der Waals surface area contributed by atoms with Crippen molar-refractivity contribution in [1.29, 1.82) is 0 Å². The van der Waals surface area contributed by atoms with Gasteiger partial charge in [0.2, 0.25) is 5.95 Å². The first kappa shape index (κ1) is 13.0. The van der Waals surface area contributed by atoms with Gasteiger partial charge in [-0.2, -0.15) is 4.39 Å². The molecule has 1 aromatic carbocycles. The second kappa shape index (κ2) is 5.48. The Labute approximate surface area is 110 Å². The van der Waals surface area contributed by atoms with Crippen molar-refractivity contribution in [3.63, 3.8) is 0 Å². The van der Waals surface area contributed by atoms with E-state index in [2.05, 4.69) is 10.3 Å². The third-order valence-corrected chi connectivity index (χ3v) is 2.55. The number of nitrogens with one attached hydrogen (secondary N) is 1.